The molecule has 0 radical (unpaired) electrons. The van der Waals surface area contributed by atoms with Gasteiger partial charge in [-0.25, -0.2) is 0 Å². The molecule has 2 fully saturated rings. The van der Waals surface area contributed by atoms with Gasteiger partial charge in [-0.05, 0) is 49.7 Å². The summed E-state index contributed by atoms with van der Waals surface area (Å²) in [5, 5.41) is 3.44. The van der Waals surface area contributed by atoms with Crippen molar-refractivity contribution in [3.05, 3.63) is 0 Å². The number of hydrogen-bond acceptors (Lipinski definition) is 3. The van der Waals surface area contributed by atoms with E-state index in [9.17, 15) is 0 Å². The second-order valence-electron chi connectivity index (χ2n) is 3.96. The van der Waals surface area contributed by atoms with Crippen molar-refractivity contribution in [2.45, 2.75) is 31.9 Å². The lowest BCUT2D eigenvalue weighted by Crippen LogP contribution is -2.39. The van der Waals surface area contributed by atoms with Crippen molar-refractivity contribution in [3.8, 4) is 0 Å². The standard InChI is InChI=1S/C10H19NOS.ClH/c1-4-11-10(12-5-1)8-9-2-6-13-7-3-9;/h9-11H,1-8H2;1H. The van der Waals surface area contributed by atoms with Crippen LogP contribution in [0.15, 0.2) is 0 Å². The van der Waals surface area contributed by atoms with Crippen LogP contribution in [-0.4, -0.2) is 30.9 Å². The molecule has 2 rings (SSSR count). The fraction of sp³-hybridized carbons (Fsp3) is 1.00. The lowest BCUT2D eigenvalue weighted by atomic mass is 9.97. The summed E-state index contributed by atoms with van der Waals surface area (Å²) in [6, 6.07) is 0. The van der Waals surface area contributed by atoms with Crippen molar-refractivity contribution in [3.63, 3.8) is 0 Å². The fourth-order valence-electron chi connectivity index (χ4n) is 2.06. The summed E-state index contributed by atoms with van der Waals surface area (Å²) in [6.07, 6.45) is 5.57. The van der Waals surface area contributed by atoms with E-state index in [0.29, 0.717) is 6.23 Å². The van der Waals surface area contributed by atoms with Crippen LogP contribution < -0.4 is 5.32 Å². The number of hydrogen-bond donors (Lipinski definition) is 1. The summed E-state index contributed by atoms with van der Waals surface area (Å²) in [4.78, 5) is 0. The van der Waals surface area contributed by atoms with E-state index in [0.717, 1.165) is 19.1 Å². The lowest BCUT2D eigenvalue weighted by molar-refractivity contribution is -0.0139. The van der Waals surface area contributed by atoms with Gasteiger partial charge < -0.3 is 4.74 Å². The molecule has 0 aromatic heterocycles. The molecule has 2 nitrogen and oxygen atoms in total. The molecule has 0 aromatic rings. The summed E-state index contributed by atoms with van der Waals surface area (Å²) in [6.45, 7) is 2.10. The highest BCUT2D eigenvalue weighted by Crippen LogP contribution is 2.26. The van der Waals surface area contributed by atoms with Crippen LogP contribution in [0.4, 0.5) is 0 Å². The van der Waals surface area contributed by atoms with E-state index in [1.807, 2.05) is 0 Å². The molecule has 2 aliphatic heterocycles. The first-order chi connectivity index (χ1) is 6.45. The number of halogens is 1. The molecule has 2 aliphatic rings. The Balaban J connectivity index is 0.000000980. The Morgan fingerprint density at radius 2 is 2.07 bits per heavy atom. The average molecular weight is 238 g/mol. The number of rotatable bonds is 2. The SMILES string of the molecule is C1CNC(CC2CCSCC2)OC1.Cl. The topological polar surface area (TPSA) is 21.3 Å². The zero-order chi connectivity index (χ0) is 8.93. The number of ether oxygens (including phenoxy) is 1. The highest BCUT2D eigenvalue weighted by molar-refractivity contribution is 7.99. The normalized spacial score (nSPS) is 29.6. The van der Waals surface area contributed by atoms with E-state index in [1.165, 1.54) is 37.2 Å². The van der Waals surface area contributed by atoms with Crippen LogP contribution in [0, 0.1) is 5.92 Å². The molecule has 0 spiro atoms. The van der Waals surface area contributed by atoms with E-state index < -0.39 is 0 Å². The van der Waals surface area contributed by atoms with E-state index in [1.54, 1.807) is 0 Å². The van der Waals surface area contributed by atoms with Crippen molar-refractivity contribution in [2.24, 2.45) is 5.92 Å². The lowest BCUT2D eigenvalue weighted by Gasteiger charge is -2.29. The minimum atomic E-state index is 0. The number of nitrogens with one attached hydrogen (secondary N) is 1. The van der Waals surface area contributed by atoms with Crippen molar-refractivity contribution in [1.82, 2.24) is 5.32 Å². The van der Waals surface area contributed by atoms with Gasteiger partial charge in [0.25, 0.3) is 0 Å². The van der Waals surface area contributed by atoms with Crippen molar-refractivity contribution in [1.29, 1.82) is 0 Å². The molecule has 84 valence electrons. The Kier molecular flexibility index (Phi) is 6.26. The monoisotopic (exact) mass is 237 g/mol. The van der Waals surface area contributed by atoms with Crippen LogP contribution in [0.1, 0.15) is 25.7 Å². The van der Waals surface area contributed by atoms with Gasteiger partial charge in [-0.15, -0.1) is 12.4 Å². The van der Waals surface area contributed by atoms with Gasteiger partial charge in [-0.3, -0.25) is 5.32 Å². The largest absolute Gasteiger partial charge is 0.363 e. The van der Waals surface area contributed by atoms with Gasteiger partial charge in [0.2, 0.25) is 0 Å². The molecular formula is C10H20ClNOS. The second-order valence-corrected chi connectivity index (χ2v) is 5.18. The van der Waals surface area contributed by atoms with Crippen molar-refractivity contribution in [2.75, 3.05) is 24.7 Å². The minimum Gasteiger partial charge on any atom is -0.363 e. The molecule has 2 heterocycles. The average Bonchev–Trinajstić information content (AvgIpc) is 2.21. The summed E-state index contributed by atoms with van der Waals surface area (Å²) in [7, 11) is 0. The molecule has 1 N–H and O–H groups in total. The van der Waals surface area contributed by atoms with Gasteiger partial charge in [-0.2, -0.15) is 11.8 Å². The van der Waals surface area contributed by atoms with Crippen molar-refractivity contribution >= 4 is 24.2 Å². The zero-order valence-corrected chi connectivity index (χ0v) is 10.2. The van der Waals surface area contributed by atoms with Gasteiger partial charge in [-0.1, -0.05) is 0 Å². The molecule has 1 unspecified atom stereocenters. The first-order valence-electron chi connectivity index (χ1n) is 5.38. The van der Waals surface area contributed by atoms with Crippen LogP contribution >= 0.6 is 24.2 Å². The van der Waals surface area contributed by atoms with E-state index in [4.69, 9.17) is 4.74 Å². The summed E-state index contributed by atoms with van der Waals surface area (Å²) < 4.78 is 5.66. The van der Waals surface area contributed by atoms with E-state index >= 15 is 0 Å². The third kappa shape index (κ3) is 3.97. The van der Waals surface area contributed by atoms with E-state index in [-0.39, 0.29) is 12.4 Å². The highest BCUT2D eigenvalue weighted by Gasteiger charge is 2.20. The third-order valence-corrected chi connectivity index (χ3v) is 3.95. The molecule has 14 heavy (non-hydrogen) atoms. The fourth-order valence-corrected chi connectivity index (χ4v) is 3.26. The van der Waals surface area contributed by atoms with Gasteiger partial charge >= 0.3 is 0 Å². The molecule has 2 saturated heterocycles. The van der Waals surface area contributed by atoms with Crippen LogP contribution in [0.25, 0.3) is 0 Å². The molecule has 0 bridgehead atoms. The second kappa shape index (κ2) is 6.94. The Morgan fingerprint density at radius 1 is 1.29 bits per heavy atom. The Morgan fingerprint density at radius 3 is 2.71 bits per heavy atom. The Bertz CT molecular complexity index is 131. The van der Waals surface area contributed by atoms with Crippen LogP contribution in [0.5, 0.6) is 0 Å². The molecule has 0 saturated carbocycles. The summed E-state index contributed by atoms with van der Waals surface area (Å²) in [5.41, 5.74) is 0. The minimum absolute atomic E-state index is 0. The van der Waals surface area contributed by atoms with Gasteiger partial charge in [0, 0.05) is 6.61 Å². The molecule has 0 amide bonds. The summed E-state index contributed by atoms with van der Waals surface area (Å²) in [5.74, 6) is 3.63. The van der Waals surface area contributed by atoms with Gasteiger partial charge in [0.15, 0.2) is 0 Å². The maximum absolute atomic E-state index is 5.66. The Labute approximate surface area is 97.0 Å². The molecule has 0 aromatic carbocycles. The predicted molar refractivity (Wildman–Crippen MR) is 64.3 cm³/mol. The quantitative estimate of drug-likeness (QED) is 0.796. The van der Waals surface area contributed by atoms with Crippen molar-refractivity contribution < 1.29 is 4.74 Å². The molecular weight excluding hydrogens is 218 g/mol. The van der Waals surface area contributed by atoms with Gasteiger partial charge in [0.1, 0.15) is 6.23 Å². The summed E-state index contributed by atoms with van der Waals surface area (Å²) >= 11 is 2.10. The maximum atomic E-state index is 5.66. The highest BCUT2D eigenvalue weighted by atomic mass is 35.5. The third-order valence-electron chi connectivity index (χ3n) is 2.90. The zero-order valence-electron chi connectivity index (χ0n) is 8.54. The molecule has 0 aliphatic carbocycles. The first-order valence-corrected chi connectivity index (χ1v) is 6.53. The molecule has 4 heteroatoms. The van der Waals surface area contributed by atoms with E-state index in [2.05, 4.69) is 17.1 Å². The maximum Gasteiger partial charge on any atom is 0.108 e. The Hall–Kier alpha value is 0.560. The van der Waals surface area contributed by atoms with Crippen LogP contribution in [0.2, 0.25) is 0 Å². The molecule has 1 atom stereocenters. The first kappa shape index (κ1) is 12.6. The van der Waals surface area contributed by atoms with Gasteiger partial charge in [0.05, 0.1) is 0 Å². The predicted octanol–water partition coefficient (Wildman–Crippen LogP) is 2.28. The number of thioether (sulfide) groups is 1. The van der Waals surface area contributed by atoms with Crippen LogP contribution in [-0.2, 0) is 4.74 Å². The van der Waals surface area contributed by atoms with Crippen LogP contribution in [0.3, 0.4) is 0 Å². The smallest absolute Gasteiger partial charge is 0.108 e.